The second-order valence-corrected chi connectivity index (χ2v) is 9.33. The normalized spacial score (nSPS) is 18.4. The summed E-state index contributed by atoms with van der Waals surface area (Å²) in [6.45, 7) is 2.04. The van der Waals surface area contributed by atoms with Crippen molar-refractivity contribution >= 4 is 10.8 Å². The highest BCUT2D eigenvalue weighted by Gasteiger charge is 2.37. The first kappa shape index (κ1) is 25.9. The van der Waals surface area contributed by atoms with Gasteiger partial charge in [0.05, 0.1) is 5.56 Å². The molecule has 0 nitrogen and oxygen atoms in total. The summed E-state index contributed by atoms with van der Waals surface area (Å²) in [4.78, 5) is 0. The molecule has 0 N–H and O–H groups in total. The Labute approximate surface area is 207 Å². The molecule has 0 spiro atoms. The predicted molar refractivity (Wildman–Crippen MR) is 130 cm³/mol. The van der Waals surface area contributed by atoms with Gasteiger partial charge in [-0.15, -0.1) is 0 Å². The Balaban J connectivity index is 1.52. The number of rotatable bonds is 4. The Morgan fingerprint density at radius 1 is 0.889 bits per heavy atom. The second-order valence-electron chi connectivity index (χ2n) is 9.33. The Morgan fingerprint density at radius 2 is 1.58 bits per heavy atom. The van der Waals surface area contributed by atoms with Crippen LogP contribution in [0.1, 0.15) is 73.6 Å². The fourth-order valence-electron chi connectivity index (χ4n) is 5.00. The molecule has 0 unspecified atom stereocenters. The lowest BCUT2D eigenvalue weighted by atomic mass is 9.77. The van der Waals surface area contributed by atoms with Crippen molar-refractivity contribution in [3.63, 3.8) is 0 Å². The third-order valence-corrected chi connectivity index (χ3v) is 6.94. The van der Waals surface area contributed by atoms with E-state index in [4.69, 9.17) is 0 Å². The topological polar surface area (TPSA) is 0 Å². The number of allylic oxidation sites excluding steroid dienone is 2. The molecule has 0 heterocycles. The lowest BCUT2D eigenvalue weighted by Gasteiger charge is -2.28. The monoisotopic (exact) mass is 500 g/mol. The van der Waals surface area contributed by atoms with E-state index < -0.39 is 29.2 Å². The summed E-state index contributed by atoms with van der Waals surface area (Å²) < 4.78 is 81.0. The maximum atomic E-state index is 15.1. The molecule has 0 atom stereocenters. The number of benzene rings is 3. The van der Waals surface area contributed by atoms with Gasteiger partial charge in [0, 0.05) is 10.9 Å². The van der Waals surface area contributed by atoms with Crippen LogP contribution in [-0.2, 0) is 6.18 Å². The largest absolute Gasteiger partial charge is 0.422 e. The van der Waals surface area contributed by atoms with E-state index in [0.717, 1.165) is 30.6 Å². The van der Waals surface area contributed by atoms with Gasteiger partial charge in [-0.1, -0.05) is 48.3 Å². The van der Waals surface area contributed by atoms with E-state index in [1.807, 2.05) is 19.1 Å². The minimum absolute atomic E-state index is 0.00222. The highest BCUT2D eigenvalue weighted by Crippen LogP contribution is 2.39. The molecule has 3 aromatic carbocycles. The van der Waals surface area contributed by atoms with E-state index in [9.17, 15) is 22.0 Å². The SMILES string of the molecule is C/C=C/CCC1CCC(c2ccc3c(F)c(C#Cc4cc(F)c(C(F)(F)F)c(F)c4)ccc3c2)CC1. The minimum atomic E-state index is -5.16. The average molecular weight is 501 g/mol. The van der Waals surface area contributed by atoms with Gasteiger partial charge in [0.15, 0.2) is 0 Å². The van der Waals surface area contributed by atoms with Crippen LogP contribution in [0.25, 0.3) is 10.8 Å². The van der Waals surface area contributed by atoms with E-state index in [2.05, 4.69) is 24.0 Å². The molecule has 0 radical (unpaired) electrons. The minimum Gasteiger partial charge on any atom is -0.206 e. The molecule has 1 aliphatic carbocycles. The van der Waals surface area contributed by atoms with Gasteiger partial charge >= 0.3 is 6.18 Å². The van der Waals surface area contributed by atoms with Crippen molar-refractivity contribution < 1.29 is 26.3 Å². The first-order valence-electron chi connectivity index (χ1n) is 12.1. The number of fused-ring (bicyclic) bond motifs is 1. The third kappa shape index (κ3) is 5.78. The third-order valence-electron chi connectivity index (χ3n) is 6.94. The van der Waals surface area contributed by atoms with Crippen LogP contribution < -0.4 is 0 Å². The molecule has 4 rings (SSSR count). The fourth-order valence-corrected chi connectivity index (χ4v) is 5.00. The van der Waals surface area contributed by atoms with Gasteiger partial charge in [-0.3, -0.25) is 0 Å². The van der Waals surface area contributed by atoms with E-state index in [0.29, 0.717) is 23.4 Å². The summed E-state index contributed by atoms with van der Waals surface area (Å²) in [6.07, 6.45) is 6.08. The average Bonchev–Trinajstić information content (AvgIpc) is 2.83. The molecule has 0 amide bonds. The molecule has 1 fully saturated rings. The van der Waals surface area contributed by atoms with E-state index in [1.54, 1.807) is 12.1 Å². The van der Waals surface area contributed by atoms with Crippen LogP contribution in [0.5, 0.6) is 0 Å². The van der Waals surface area contributed by atoms with Crippen LogP contribution in [0, 0.1) is 35.2 Å². The molecule has 6 heteroatoms. The lowest BCUT2D eigenvalue weighted by Crippen LogP contribution is -2.13. The van der Waals surface area contributed by atoms with Crippen molar-refractivity contribution in [2.45, 2.75) is 57.5 Å². The van der Waals surface area contributed by atoms with Gasteiger partial charge < -0.3 is 0 Å². The molecule has 0 aliphatic heterocycles. The Kier molecular flexibility index (Phi) is 7.78. The van der Waals surface area contributed by atoms with Crippen molar-refractivity contribution in [2.75, 3.05) is 0 Å². The summed E-state index contributed by atoms with van der Waals surface area (Å²) in [6, 6.07) is 9.88. The number of alkyl halides is 3. The molecule has 1 saturated carbocycles. The number of hydrogen-bond acceptors (Lipinski definition) is 0. The molecule has 0 bridgehead atoms. The van der Waals surface area contributed by atoms with Crippen molar-refractivity contribution in [3.05, 3.63) is 94.3 Å². The van der Waals surface area contributed by atoms with Crippen molar-refractivity contribution in [2.24, 2.45) is 5.92 Å². The maximum absolute atomic E-state index is 15.1. The molecular formula is C30H26F6. The van der Waals surface area contributed by atoms with Gasteiger partial charge in [0.25, 0.3) is 0 Å². The molecular weight excluding hydrogens is 474 g/mol. The van der Waals surface area contributed by atoms with Gasteiger partial charge in [-0.25, -0.2) is 13.2 Å². The van der Waals surface area contributed by atoms with Crippen molar-refractivity contribution in [1.29, 1.82) is 0 Å². The quantitative estimate of drug-likeness (QED) is 0.190. The van der Waals surface area contributed by atoms with Gasteiger partial charge in [-0.2, -0.15) is 13.2 Å². The van der Waals surface area contributed by atoms with Crippen LogP contribution in [0.15, 0.2) is 54.6 Å². The highest BCUT2D eigenvalue weighted by molar-refractivity contribution is 5.85. The highest BCUT2D eigenvalue weighted by atomic mass is 19.4. The number of hydrogen-bond donors (Lipinski definition) is 0. The van der Waals surface area contributed by atoms with Crippen LogP contribution in [-0.4, -0.2) is 0 Å². The Hall–Kier alpha value is -3.20. The van der Waals surface area contributed by atoms with Gasteiger partial charge in [0.2, 0.25) is 0 Å². The zero-order chi connectivity index (χ0) is 25.9. The second kappa shape index (κ2) is 10.8. The zero-order valence-electron chi connectivity index (χ0n) is 19.9. The standard InChI is InChI=1S/C30H26F6/c1-2-3-4-5-19-6-9-21(10-7-19)23-14-15-25-24(18-23)13-12-22(29(25)33)11-8-20-16-26(31)28(27(32)17-20)30(34,35)36/h2-3,12-19,21H,4-7,9-10H2,1H3/b3-2+. The zero-order valence-corrected chi connectivity index (χ0v) is 19.9. The van der Waals surface area contributed by atoms with Crippen molar-refractivity contribution in [3.8, 4) is 11.8 Å². The van der Waals surface area contributed by atoms with Crippen LogP contribution in [0.3, 0.4) is 0 Å². The smallest absolute Gasteiger partial charge is 0.206 e. The summed E-state index contributed by atoms with van der Waals surface area (Å²) in [7, 11) is 0. The first-order chi connectivity index (χ1) is 17.2. The van der Waals surface area contributed by atoms with Gasteiger partial charge in [-0.05, 0) is 86.4 Å². The lowest BCUT2D eigenvalue weighted by molar-refractivity contribution is -0.142. The van der Waals surface area contributed by atoms with E-state index >= 15 is 4.39 Å². The van der Waals surface area contributed by atoms with Crippen LogP contribution in [0.2, 0.25) is 0 Å². The molecule has 36 heavy (non-hydrogen) atoms. The molecule has 0 saturated heterocycles. The molecule has 188 valence electrons. The Morgan fingerprint density at radius 3 is 2.22 bits per heavy atom. The predicted octanol–water partition coefficient (Wildman–Crippen LogP) is 9.31. The Bertz CT molecular complexity index is 1310. The van der Waals surface area contributed by atoms with E-state index in [-0.39, 0.29) is 11.1 Å². The van der Waals surface area contributed by atoms with Gasteiger partial charge in [0.1, 0.15) is 23.0 Å². The van der Waals surface area contributed by atoms with Crippen molar-refractivity contribution in [1.82, 2.24) is 0 Å². The van der Waals surface area contributed by atoms with Crippen LogP contribution >= 0.6 is 0 Å². The summed E-state index contributed by atoms with van der Waals surface area (Å²) in [5, 5.41) is 1.10. The summed E-state index contributed by atoms with van der Waals surface area (Å²) in [5.74, 6) is 1.97. The molecule has 1 aliphatic rings. The fraction of sp³-hybridized carbons (Fsp3) is 0.333. The molecule has 0 aromatic heterocycles. The molecule has 3 aromatic rings. The van der Waals surface area contributed by atoms with E-state index in [1.165, 1.54) is 30.9 Å². The number of halogens is 6. The summed E-state index contributed by atoms with van der Waals surface area (Å²) >= 11 is 0. The van der Waals surface area contributed by atoms with Crippen LogP contribution in [0.4, 0.5) is 26.3 Å². The maximum Gasteiger partial charge on any atom is 0.422 e. The summed E-state index contributed by atoms with van der Waals surface area (Å²) in [5.41, 5.74) is -1.10. The first-order valence-corrected chi connectivity index (χ1v) is 12.1.